The molecule has 0 aromatic carbocycles. The van der Waals surface area contributed by atoms with Crippen LogP contribution in [0.4, 0.5) is 0 Å². The van der Waals surface area contributed by atoms with Crippen molar-refractivity contribution in [3.63, 3.8) is 0 Å². The first-order chi connectivity index (χ1) is 18.9. The maximum absolute atomic E-state index is 14.4. The maximum atomic E-state index is 14.4. The number of aliphatic hydroxyl groups excluding tert-OH is 1. The summed E-state index contributed by atoms with van der Waals surface area (Å²) in [4.78, 5) is 47.6. The van der Waals surface area contributed by atoms with Gasteiger partial charge in [-0.3, -0.25) is 19.3 Å². The molecular formula is C29H45N3O7. The zero-order valence-corrected chi connectivity index (χ0v) is 23.4. The van der Waals surface area contributed by atoms with Gasteiger partial charge in [-0.1, -0.05) is 19.1 Å². The summed E-state index contributed by atoms with van der Waals surface area (Å²) in [6.07, 6.45) is 6.67. The number of ether oxygens (including phenoxy) is 3. The molecule has 4 saturated heterocycles. The fraction of sp³-hybridized carbons (Fsp3) is 0.759. The van der Waals surface area contributed by atoms with Crippen LogP contribution in [0.15, 0.2) is 25.3 Å². The first-order valence-electron chi connectivity index (χ1n) is 14.5. The summed E-state index contributed by atoms with van der Waals surface area (Å²) in [7, 11) is 0. The second-order valence-electron chi connectivity index (χ2n) is 11.1. The number of nitrogens with zero attached hydrogens (tertiary/aromatic N) is 3. The molecule has 0 saturated carbocycles. The molecule has 2 bridgehead atoms. The largest absolute Gasteiger partial charge is 0.465 e. The number of morpholine rings is 1. The summed E-state index contributed by atoms with van der Waals surface area (Å²) in [6, 6.07) is -0.835. The van der Waals surface area contributed by atoms with Crippen LogP contribution < -0.4 is 0 Å². The summed E-state index contributed by atoms with van der Waals surface area (Å²) in [5, 5.41) is 9.39. The Morgan fingerprint density at radius 3 is 2.62 bits per heavy atom. The molecule has 0 radical (unpaired) electrons. The highest BCUT2D eigenvalue weighted by atomic mass is 16.6. The Labute approximate surface area is 231 Å². The van der Waals surface area contributed by atoms with Crippen molar-refractivity contribution in [2.24, 2.45) is 11.8 Å². The highest BCUT2D eigenvalue weighted by Gasteiger charge is 2.79. The van der Waals surface area contributed by atoms with Crippen molar-refractivity contribution in [1.82, 2.24) is 14.7 Å². The Bertz CT molecular complexity index is 923. The number of hydrogen-bond acceptors (Lipinski definition) is 8. The van der Waals surface area contributed by atoms with Crippen molar-refractivity contribution in [2.45, 2.75) is 62.7 Å². The Morgan fingerprint density at radius 1 is 1.18 bits per heavy atom. The smallest absolute Gasteiger partial charge is 0.312 e. The first kappa shape index (κ1) is 29.7. The Morgan fingerprint density at radius 2 is 1.95 bits per heavy atom. The van der Waals surface area contributed by atoms with Gasteiger partial charge in [-0.2, -0.15) is 0 Å². The minimum absolute atomic E-state index is 0.00501. The summed E-state index contributed by atoms with van der Waals surface area (Å²) in [6.45, 7) is 14.6. The van der Waals surface area contributed by atoms with Crippen LogP contribution in [0.5, 0.6) is 0 Å². The molecular weight excluding hydrogens is 502 g/mol. The highest BCUT2D eigenvalue weighted by molar-refractivity contribution is 5.98. The molecule has 2 unspecified atom stereocenters. The van der Waals surface area contributed by atoms with E-state index < -0.39 is 35.0 Å². The van der Waals surface area contributed by atoms with Crippen molar-refractivity contribution < 1.29 is 33.7 Å². The van der Waals surface area contributed by atoms with E-state index in [4.69, 9.17) is 14.2 Å². The van der Waals surface area contributed by atoms with Gasteiger partial charge in [-0.05, 0) is 38.5 Å². The molecule has 4 aliphatic rings. The van der Waals surface area contributed by atoms with E-state index in [-0.39, 0.29) is 25.0 Å². The number of aliphatic hydroxyl groups is 1. The lowest BCUT2D eigenvalue weighted by molar-refractivity contribution is -0.162. The monoisotopic (exact) mass is 547 g/mol. The minimum atomic E-state index is -1.08. The standard InChI is InChI=1S/C29H45N3O7/c1-4-7-19-38-27(36)23-22-25(34)32(13-8-9-18-33)24(29(22)11-10-28(23,6-3)39-29)26(35)31(12-5-2)15-14-30-16-20-37-21-17-30/h4-5,22-24,33H,1-2,6-21H2,3H3/t22-,23+,24?,28-,29?/m0/s1. The summed E-state index contributed by atoms with van der Waals surface area (Å²) >= 11 is 0. The van der Waals surface area contributed by atoms with E-state index in [1.165, 1.54) is 0 Å². The molecule has 39 heavy (non-hydrogen) atoms. The van der Waals surface area contributed by atoms with Crippen LogP contribution in [-0.4, -0.2) is 121 Å². The normalized spacial score (nSPS) is 31.8. The third-order valence-electron chi connectivity index (χ3n) is 8.99. The predicted molar refractivity (Wildman–Crippen MR) is 145 cm³/mol. The van der Waals surface area contributed by atoms with E-state index >= 15 is 0 Å². The summed E-state index contributed by atoms with van der Waals surface area (Å²) < 4.78 is 17.8. The summed E-state index contributed by atoms with van der Waals surface area (Å²) in [5.41, 5.74) is -1.90. The van der Waals surface area contributed by atoms with Crippen molar-refractivity contribution in [2.75, 3.05) is 65.7 Å². The Hall–Kier alpha value is -2.27. The van der Waals surface area contributed by atoms with Gasteiger partial charge in [0, 0.05) is 45.9 Å². The minimum Gasteiger partial charge on any atom is -0.465 e. The molecule has 0 aromatic rings. The van der Waals surface area contributed by atoms with E-state index in [2.05, 4.69) is 18.1 Å². The molecule has 1 spiro atoms. The third-order valence-corrected chi connectivity index (χ3v) is 8.99. The third kappa shape index (κ3) is 5.53. The average molecular weight is 548 g/mol. The van der Waals surface area contributed by atoms with Gasteiger partial charge in [0.25, 0.3) is 0 Å². The SMILES string of the molecule is C=CCCOC(=O)[C@H]1[C@H]2C(=O)N(CCCCO)C(C(=O)N(CC=C)CCN3CCOCC3)C23CC[C@]1(CC)O3. The van der Waals surface area contributed by atoms with Gasteiger partial charge in [0.15, 0.2) is 0 Å². The molecule has 1 N–H and O–H groups in total. The zero-order valence-electron chi connectivity index (χ0n) is 23.4. The lowest BCUT2D eigenvalue weighted by Gasteiger charge is -2.37. The van der Waals surface area contributed by atoms with Crippen LogP contribution >= 0.6 is 0 Å². The first-order valence-corrected chi connectivity index (χ1v) is 14.5. The van der Waals surface area contributed by atoms with Crippen molar-refractivity contribution in [3.05, 3.63) is 25.3 Å². The van der Waals surface area contributed by atoms with Gasteiger partial charge in [-0.15, -0.1) is 13.2 Å². The molecule has 4 aliphatic heterocycles. The predicted octanol–water partition coefficient (Wildman–Crippen LogP) is 1.38. The number of esters is 1. The van der Waals surface area contributed by atoms with Crippen molar-refractivity contribution in [3.8, 4) is 0 Å². The number of amides is 2. The average Bonchev–Trinajstić information content (AvgIpc) is 3.55. The van der Waals surface area contributed by atoms with E-state index in [1.54, 1.807) is 22.0 Å². The van der Waals surface area contributed by atoms with Gasteiger partial charge >= 0.3 is 5.97 Å². The number of carbonyl (C=O) groups excluding carboxylic acids is 3. The summed E-state index contributed by atoms with van der Waals surface area (Å²) in [5.74, 6) is -2.35. The van der Waals surface area contributed by atoms with Crippen LogP contribution in [0.1, 0.15) is 45.4 Å². The molecule has 4 fully saturated rings. The van der Waals surface area contributed by atoms with Crippen molar-refractivity contribution >= 4 is 17.8 Å². The zero-order chi connectivity index (χ0) is 28.0. The van der Waals surface area contributed by atoms with Gasteiger partial charge in [0.05, 0.1) is 31.3 Å². The van der Waals surface area contributed by atoms with Gasteiger partial charge in [0.2, 0.25) is 11.8 Å². The van der Waals surface area contributed by atoms with Gasteiger partial charge in [0.1, 0.15) is 17.6 Å². The lowest BCUT2D eigenvalue weighted by atomic mass is 9.65. The molecule has 2 amide bonds. The second-order valence-corrected chi connectivity index (χ2v) is 11.1. The van der Waals surface area contributed by atoms with Crippen LogP contribution in [0.25, 0.3) is 0 Å². The van der Waals surface area contributed by atoms with Crippen LogP contribution in [0, 0.1) is 11.8 Å². The molecule has 218 valence electrons. The Balaban J connectivity index is 1.64. The molecule has 0 aliphatic carbocycles. The number of hydrogen-bond donors (Lipinski definition) is 1. The van der Waals surface area contributed by atoms with E-state index in [1.807, 2.05) is 6.92 Å². The van der Waals surface area contributed by atoms with E-state index in [9.17, 15) is 19.5 Å². The number of fused-ring (bicyclic) bond motifs is 1. The number of rotatable bonds is 15. The number of unbranched alkanes of at least 4 members (excludes halogenated alkanes) is 1. The Kier molecular flexibility index (Phi) is 9.85. The van der Waals surface area contributed by atoms with E-state index in [0.717, 1.165) is 13.1 Å². The second kappa shape index (κ2) is 12.9. The number of carbonyl (C=O) groups is 3. The van der Waals surface area contributed by atoms with Gasteiger partial charge in [-0.25, -0.2) is 0 Å². The fourth-order valence-electron chi connectivity index (χ4n) is 7.03. The fourth-order valence-corrected chi connectivity index (χ4v) is 7.03. The maximum Gasteiger partial charge on any atom is 0.312 e. The number of likely N-dealkylation sites (tertiary alicyclic amines) is 1. The molecule has 4 heterocycles. The molecule has 10 nitrogen and oxygen atoms in total. The van der Waals surface area contributed by atoms with Gasteiger partial charge < -0.3 is 29.1 Å². The molecule has 5 atom stereocenters. The molecule has 10 heteroatoms. The van der Waals surface area contributed by atoms with Crippen LogP contribution in [0.3, 0.4) is 0 Å². The van der Waals surface area contributed by atoms with Crippen LogP contribution in [-0.2, 0) is 28.6 Å². The topological polar surface area (TPSA) is 109 Å². The van der Waals surface area contributed by atoms with Crippen LogP contribution in [0.2, 0.25) is 0 Å². The van der Waals surface area contributed by atoms with Crippen molar-refractivity contribution in [1.29, 1.82) is 0 Å². The molecule has 4 rings (SSSR count). The molecule has 0 aromatic heterocycles. The quantitative estimate of drug-likeness (QED) is 0.186. The van der Waals surface area contributed by atoms with E-state index in [0.29, 0.717) is 77.9 Å². The highest BCUT2D eigenvalue weighted by Crippen LogP contribution is 2.64. The lowest BCUT2D eigenvalue weighted by Crippen LogP contribution is -2.57.